The summed E-state index contributed by atoms with van der Waals surface area (Å²) in [5, 5.41) is 12.2. The predicted molar refractivity (Wildman–Crippen MR) is 84.7 cm³/mol. The van der Waals surface area contributed by atoms with Crippen molar-refractivity contribution in [3.05, 3.63) is 35.4 Å². The maximum atomic E-state index is 12.1. The van der Waals surface area contributed by atoms with E-state index in [0.717, 1.165) is 11.1 Å². The van der Waals surface area contributed by atoms with Gasteiger partial charge in [-0.2, -0.15) is 0 Å². The van der Waals surface area contributed by atoms with Gasteiger partial charge in [-0.3, -0.25) is 4.79 Å². The third-order valence-corrected chi connectivity index (χ3v) is 3.31. The van der Waals surface area contributed by atoms with Gasteiger partial charge in [0.15, 0.2) is 0 Å². The first-order valence-corrected chi connectivity index (χ1v) is 7.23. The van der Waals surface area contributed by atoms with E-state index >= 15 is 0 Å². The number of hydrogen-bond acceptors (Lipinski definition) is 3. The van der Waals surface area contributed by atoms with Crippen LogP contribution in [0.5, 0.6) is 0 Å². The summed E-state index contributed by atoms with van der Waals surface area (Å²) in [5.74, 6) is -0.991. The standard InChI is InChI=1S/C17H25NO4/c1-11-8-7-9-12(10-11)13(17(5,6)14(19)20)18-15(21)22-16(2,3)4/h7-10,13H,1-6H3,(H,18,21)(H,19,20)/t13-/m0/s1. The summed E-state index contributed by atoms with van der Waals surface area (Å²) in [7, 11) is 0. The second-order valence-corrected chi connectivity index (χ2v) is 7.02. The first-order valence-electron chi connectivity index (χ1n) is 7.23. The van der Waals surface area contributed by atoms with Crippen LogP contribution in [0.1, 0.15) is 51.8 Å². The number of aryl methyl sites for hydroxylation is 1. The topological polar surface area (TPSA) is 75.6 Å². The van der Waals surface area contributed by atoms with E-state index in [-0.39, 0.29) is 0 Å². The third kappa shape index (κ3) is 4.76. The lowest BCUT2D eigenvalue weighted by Gasteiger charge is -2.32. The van der Waals surface area contributed by atoms with Gasteiger partial charge in [0.2, 0.25) is 0 Å². The minimum atomic E-state index is -1.18. The largest absolute Gasteiger partial charge is 0.481 e. The molecule has 1 aromatic carbocycles. The van der Waals surface area contributed by atoms with Crippen LogP contribution in [-0.4, -0.2) is 22.8 Å². The highest BCUT2D eigenvalue weighted by molar-refractivity contribution is 5.77. The highest BCUT2D eigenvalue weighted by Crippen LogP contribution is 2.34. The molecule has 1 rings (SSSR count). The Kier molecular flexibility index (Phi) is 5.22. The van der Waals surface area contributed by atoms with Gasteiger partial charge in [0.05, 0.1) is 11.5 Å². The third-order valence-electron chi connectivity index (χ3n) is 3.31. The van der Waals surface area contributed by atoms with Gasteiger partial charge in [0.25, 0.3) is 0 Å². The van der Waals surface area contributed by atoms with Crippen LogP contribution in [-0.2, 0) is 9.53 Å². The fourth-order valence-electron chi connectivity index (χ4n) is 2.08. The molecule has 0 spiro atoms. The zero-order valence-electron chi connectivity index (χ0n) is 14.1. The lowest BCUT2D eigenvalue weighted by atomic mass is 9.80. The Labute approximate surface area is 131 Å². The minimum absolute atomic E-state index is 0.631. The second kappa shape index (κ2) is 6.38. The van der Waals surface area contributed by atoms with E-state index in [1.807, 2.05) is 25.1 Å². The fourth-order valence-corrected chi connectivity index (χ4v) is 2.08. The Balaban J connectivity index is 3.13. The zero-order valence-corrected chi connectivity index (χ0v) is 14.1. The molecule has 2 N–H and O–H groups in total. The number of hydrogen-bond donors (Lipinski definition) is 2. The van der Waals surface area contributed by atoms with E-state index in [4.69, 9.17) is 4.74 Å². The van der Waals surface area contributed by atoms with Crippen LogP contribution in [0.4, 0.5) is 4.79 Å². The van der Waals surface area contributed by atoms with E-state index in [0.29, 0.717) is 0 Å². The van der Waals surface area contributed by atoms with E-state index in [1.165, 1.54) is 0 Å². The van der Waals surface area contributed by atoms with Crippen LogP contribution in [0, 0.1) is 12.3 Å². The number of rotatable bonds is 4. The van der Waals surface area contributed by atoms with Crippen molar-refractivity contribution in [3.63, 3.8) is 0 Å². The lowest BCUT2D eigenvalue weighted by Crippen LogP contribution is -2.44. The SMILES string of the molecule is Cc1cccc([C@H](NC(=O)OC(C)(C)C)C(C)(C)C(=O)O)c1. The molecular weight excluding hydrogens is 282 g/mol. The molecular formula is C17H25NO4. The molecule has 1 amide bonds. The normalized spacial score (nSPS) is 13.4. The molecule has 0 heterocycles. The predicted octanol–water partition coefficient (Wildman–Crippen LogP) is 3.67. The fraction of sp³-hybridized carbons (Fsp3) is 0.529. The number of nitrogens with one attached hydrogen (secondary N) is 1. The summed E-state index contributed by atoms with van der Waals surface area (Å²) in [4.78, 5) is 23.7. The van der Waals surface area contributed by atoms with Gasteiger partial charge < -0.3 is 15.2 Å². The number of aliphatic carboxylic acids is 1. The van der Waals surface area contributed by atoms with Gasteiger partial charge >= 0.3 is 12.1 Å². The Morgan fingerprint density at radius 2 is 1.77 bits per heavy atom. The van der Waals surface area contributed by atoms with Crippen molar-refractivity contribution < 1.29 is 19.4 Å². The number of alkyl carbamates (subject to hydrolysis) is 1. The summed E-state index contributed by atoms with van der Waals surface area (Å²) in [6.45, 7) is 10.4. The Hall–Kier alpha value is -2.04. The van der Waals surface area contributed by atoms with Crippen molar-refractivity contribution in [2.24, 2.45) is 5.41 Å². The molecule has 122 valence electrons. The van der Waals surface area contributed by atoms with Crippen LogP contribution in [0.3, 0.4) is 0 Å². The monoisotopic (exact) mass is 307 g/mol. The Bertz CT molecular complexity index is 558. The Morgan fingerprint density at radius 3 is 2.23 bits per heavy atom. The molecule has 1 atom stereocenters. The van der Waals surface area contributed by atoms with Gasteiger partial charge in [-0.1, -0.05) is 29.8 Å². The second-order valence-electron chi connectivity index (χ2n) is 7.02. The van der Waals surface area contributed by atoms with E-state index < -0.39 is 29.1 Å². The molecule has 1 aromatic rings. The highest BCUT2D eigenvalue weighted by atomic mass is 16.6. The molecule has 0 saturated heterocycles. The number of carboxylic acids is 1. The molecule has 0 saturated carbocycles. The molecule has 0 bridgehead atoms. The summed E-state index contributed by atoms with van der Waals surface area (Å²) < 4.78 is 5.25. The van der Waals surface area contributed by atoms with E-state index in [9.17, 15) is 14.7 Å². The molecule has 0 radical (unpaired) electrons. The van der Waals surface area contributed by atoms with Gasteiger partial charge in [-0.25, -0.2) is 4.79 Å². The summed E-state index contributed by atoms with van der Waals surface area (Å²) in [6, 6.07) is 6.74. The van der Waals surface area contributed by atoms with Gasteiger partial charge in [-0.05, 0) is 47.1 Å². The maximum absolute atomic E-state index is 12.1. The highest BCUT2D eigenvalue weighted by Gasteiger charge is 2.39. The van der Waals surface area contributed by atoms with Crippen molar-refractivity contribution in [2.75, 3.05) is 0 Å². The number of carboxylic acid groups (broad SMARTS) is 1. The first kappa shape index (κ1) is 18.0. The average molecular weight is 307 g/mol. The molecule has 0 aliphatic carbocycles. The van der Waals surface area contributed by atoms with Crippen LogP contribution >= 0.6 is 0 Å². The quantitative estimate of drug-likeness (QED) is 0.890. The van der Waals surface area contributed by atoms with Gasteiger partial charge in [-0.15, -0.1) is 0 Å². The summed E-state index contributed by atoms with van der Waals surface area (Å²) >= 11 is 0. The summed E-state index contributed by atoms with van der Waals surface area (Å²) in [6.07, 6.45) is -0.631. The van der Waals surface area contributed by atoms with Crippen molar-refractivity contribution in [1.29, 1.82) is 0 Å². The summed E-state index contributed by atoms with van der Waals surface area (Å²) in [5.41, 5.74) is -0.0906. The Morgan fingerprint density at radius 1 is 1.18 bits per heavy atom. The molecule has 0 aliphatic rings. The number of carbonyl (C=O) groups is 2. The van der Waals surface area contributed by atoms with Gasteiger partial charge in [0, 0.05) is 0 Å². The number of benzene rings is 1. The molecule has 0 fully saturated rings. The molecule has 22 heavy (non-hydrogen) atoms. The van der Waals surface area contributed by atoms with Crippen LogP contribution in [0.2, 0.25) is 0 Å². The number of ether oxygens (including phenoxy) is 1. The van der Waals surface area contributed by atoms with E-state index in [2.05, 4.69) is 5.32 Å². The maximum Gasteiger partial charge on any atom is 0.408 e. The molecule has 0 unspecified atom stereocenters. The minimum Gasteiger partial charge on any atom is -0.481 e. The van der Waals surface area contributed by atoms with Crippen LogP contribution in [0.25, 0.3) is 0 Å². The lowest BCUT2D eigenvalue weighted by molar-refractivity contribution is -0.148. The molecule has 0 aliphatic heterocycles. The van der Waals surface area contributed by atoms with Crippen molar-refractivity contribution in [1.82, 2.24) is 5.32 Å². The first-order chi connectivity index (χ1) is 9.93. The average Bonchev–Trinajstić information content (AvgIpc) is 2.33. The number of amides is 1. The van der Waals surface area contributed by atoms with Crippen molar-refractivity contribution in [3.8, 4) is 0 Å². The van der Waals surface area contributed by atoms with E-state index in [1.54, 1.807) is 40.7 Å². The van der Waals surface area contributed by atoms with Crippen molar-refractivity contribution in [2.45, 2.75) is 53.2 Å². The van der Waals surface area contributed by atoms with Gasteiger partial charge in [0.1, 0.15) is 5.60 Å². The van der Waals surface area contributed by atoms with Crippen LogP contribution in [0.15, 0.2) is 24.3 Å². The van der Waals surface area contributed by atoms with Crippen LogP contribution < -0.4 is 5.32 Å². The van der Waals surface area contributed by atoms with Crippen molar-refractivity contribution >= 4 is 12.1 Å². The molecule has 5 nitrogen and oxygen atoms in total. The zero-order chi connectivity index (χ0) is 17.1. The molecule has 5 heteroatoms. The number of carbonyl (C=O) groups excluding carboxylic acids is 1. The molecule has 0 aromatic heterocycles. The smallest absolute Gasteiger partial charge is 0.408 e.